The average molecular weight is 370 g/mol. The number of ether oxygens (including phenoxy) is 1. The van der Waals surface area contributed by atoms with E-state index in [2.05, 4.69) is 26.0 Å². The molecule has 0 aliphatic rings. The van der Waals surface area contributed by atoms with Crippen molar-refractivity contribution >= 4 is 35.2 Å². The molecule has 10 heteroatoms. The molecule has 2 aromatic rings. The number of carbonyl (C=O) groups is 2. The maximum absolute atomic E-state index is 11.6. The second-order valence-corrected chi connectivity index (χ2v) is 5.92. The van der Waals surface area contributed by atoms with Crippen molar-refractivity contribution in [3.8, 4) is 5.75 Å². The minimum absolute atomic E-state index is 0.0827. The normalized spacial score (nSPS) is 10.2. The topological polar surface area (TPSA) is 109 Å². The van der Waals surface area contributed by atoms with Gasteiger partial charge in [0.1, 0.15) is 11.6 Å². The van der Waals surface area contributed by atoms with Gasteiger partial charge in [-0.1, -0.05) is 30.3 Å². The molecule has 0 saturated carbocycles. The zero-order chi connectivity index (χ0) is 17.4. The molecule has 0 radical (unpaired) electrons. The van der Waals surface area contributed by atoms with E-state index in [0.717, 1.165) is 12.2 Å². The third-order valence-electron chi connectivity index (χ3n) is 2.70. The molecule has 0 fully saturated rings. The number of nitrogens with one attached hydrogen (secondary N) is 3. The molecule has 3 N–H and O–H groups in total. The fraction of sp³-hybridized carbons (Fsp3) is 0.286. The van der Waals surface area contributed by atoms with Crippen LogP contribution in [0.25, 0.3) is 0 Å². The van der Waals surface area contributed by atoms with Gasteiger partial charge in [-0.05, 0) is 24.3 Å². The van der Waals surface area contributed by atoms with E-state index in [1.54, 1.807) is 24.3 Å². The Balaban J connectivity index is 1.63. The number of carbonyl (C=O) groups excluding carboxylic acids is 2. The van der Waals surface area contributed by atoms with Crippen LogP contribution in [0.5, 0.6) is 5.75 Å². The number of thioether (sulfide) groups is 1. The van der Waals surface area contributed by atoms with Crippen LogP contribution in [-0.4, -0.2) is 39.4 Å². The minimum Gasteiger partial charge on any atom is -0.484 e. The number of hydrazine groups is 1. The fourth-order valence-corrected chi connectivity index (χ4v) is 2.27. The standard InChI is InChI=1S/C14H16ClN5O3S/c1-2-11-16-14(20-17-11)24-8-13(22)19-18-12(21)7-23-10-5-3-9(15)4-6-10/h3-6H,2,7-8H2,1H3,(H,18,21)(H,19,22)(H,16,17,20). The van der Waals surface area contributed by atoms with E-state index < -0.39 is 5.91 Å². The summed E-state index contributed by atoms with van der Waals surface area (Å²) < 4.78 is 5.25. The van der Waals surface area contributed by atoms with Crippen LogP contribution in [0.3, 0.4) is 0 Å². The van der Waals surface area contributed by atoms with Crippen molar-refractivity contribution in [2.45, 2.75) is 18.5 Å². The van der Waals surface area contributed by atoms with E-state index in [9.17, 15) is 9.59 Å². The summed E-state index contributed by atoms with van der Waals surface area (Å²) >= 11 is 6.91. The third kappa shape index (κ3) is 6.09. The lowest BCUT2D eigenvalue weighted by atomic mass is 10.3. The minimum atomic E-state index is -0.477. The highest BCUT2D eigenvalue weighted by Crippen LogP contribution is 2.15. The summed E-state index contributed by atoms with van der Waals surface area (Å²) in [5.74, 6) is 0.495. The van der Waals surface area contributed by atoms with Crippen LogP contribution in [0, 0.1) is 0 Å². The van der Waals surface area contributed by atoms with Crippen molar-refractivity contribution in [2.24, 2.45) is 0 Å². The van der Waals surface area contributed by atoms with Crippen LogP contribution in [-0.2, 0) is 16.0 Å². The van der Waals surface area contributed by atoms with Crippen molar-refractivity contribution < 1.29 is 14.3 Å². The fourth-order valence-electron chi connectivity index (χ4n) is 1.52. The molecule has 0 aliphatic carbocycles. The number of aromatic nitrogens is 3. The molecule has 8 nitrogen and oxygen atoms in total. The first kappa shape index (κ1) is 18.1. The summed E-state index contributed by atoms with van der Waals surface area (Å²) in [5, 5.41) is 7.77. The molecule has 0 bridgehead atoms. The van der Waals surface area contributed by atoms with E-state index in [0.29, 0.717) is 15.9 Å². The van der Waals surface area contributed by atoms with Gasteiger partial charge in [0.2, 0.25) is 11.1 Å². The zero-order valence-corrected chi connectivity index (χ0v) is 14.4. The Kier molecular flexibility index (Phi) is 6.89. The third-order valence-corrected chi connectivity index (χ3v) is 3.80. The number of benzene rings is 1. The zero-order valence-electron chi connectivity index (χ0n) is 12.8. The predicted octanol–water partition coefficient (Wildman–Crippen LogP) is 1.34. The average Bonchev–Trinajstić information content (AvgIpc) is 3.05. The molecule has 24 heavy (non-hydrogen) atoms. The number of nitrogens with zero attached hydrogens (tertiary/aromatic N) is 2. The highest BCUT2D eigenvalue weighted by Gasteiger charge is 2.09. The Hall–Kier alpha value is -2.26. The molecule has 1 aromatic heterocycles. The second-order valence-electron chi connectivity index (χ2n) is 4.55. The number of hydrogen-bond acceptors (Lipinski definition) is 6. The smallest absolute Gasteiger partial charge is 0.276 e. The number of aromatic amines is 1. The van der Waals surface area contributed by atoms with Crippen molar-refractivity contribution in [3.05, 3.63) is 35.1 Å². The van der Waals surface area contributed by atoms with Crippen LogP contribution < -0.4 is 15.6 Å². The van der Waals surface area contributed by atoms with Gasteiger partial charge in [0.25, 0.3) is 5.91 Å². The van der Waals surface area contributed by atoms with Crippen molar-refractivity contribution in [3.63, 3.8) is 0 Å². The summed E-state index contributed by atoms with van der Waals surface area (Å²) in [4.78, 5) is 27.4. The first-order valence-electron chi connectivity index (χ1n) is 7.07. The van der Waals surface area contributed by atoms with Crippen LogP contribution in [0.4, 0.5) is 0 Å². The van der Waals surface area contributed by atoms with E-state index in [1.165, 1.54) is 11.8 Å². The number of amides is 2. The van der Waals surface area contributed by atoms with Crippen molar-refractivity contribution in [1.82, 2.24) is 26.0 Å². The molecule has 128 valence electrons. The van der Waals surface area contributed by atoms with Gasteiger partial charge in [-0.3, -0.25) is 25.5 Å². The first-order chi connectivity index (χ1) is 11.6. The van der Waals surface area contributed by atoms with Crippen molar-refractivity contribution in [1.29, 1.82) is 0 Å². The van der Waals surface area contributed by atoms with Crippen LogP contribution in [0.1, 0.15) is 12.7 Å². The number of rotatable bonds is 7. The molecule has 0 saturated heterocycles. The van der Waals surface area contributed by atoms with Crippen LogP contribution >= 0.6 is 23.4 Å². The Morgan fingerprint density at radius 2 is 1.96 bits per heavy atom. The number of aryl methyl sites for hydroxylation is 1. The van der Waals surface area contributed by atoms with Gasteiger partial charge in [-0.15, -0.1) is 5.10 Å². The summed E-state index contributed by atoms with van der Waals surface area (Å²) in [6.45, 7) is 1.72. The quantitative estimate of drug-likeness (QED) is 0.502. The van der Waals surface area contributed by atoms with Gasteiger partial charge < -0.3 is 4.74 Å². The number of H-pyrrole nitrogens is 1. The van der Waals surface area contributed by atoms with Crippen LogP contribution in [0.2, 0.25) is 5.02 Å². The first-order valence-corrected chi connectivity index (χ1v) is 8.43. The van der Waals surface area contributed by atoms with Gasteiger partial charge in [0.05, 0.1) is 5.75 Å². The van der Waals surface area contributed by atoms with Crippen LogP contribution in [0.15, 0.2) is 29.4 Å². The molecular weight excluding hydrogens is 354 g/mol. The lowest BCUT2D eigenvalue weighted by Crippen LogP contribution is -2.44. The van der Waals surface area contributed by atoms with Gasteiger partial charge in [-0.25, -0.2) is 4.98 Å². The highest BCUT2D eigenvalue weighted by atomic mass is 35.5. The summed E-state index contributed by atoms with van der Waals surface area (Å²) in [5.41, 5.74) is 4.56. The second kappa shape index (κ2) is 9.14. The van der Waals surface area contributed by atoms with E-state index in [1.807, 2.05) is 6.92 Å². The largest absolute Gasteiger partial charge is 0.484 e. The van der Waals surface area contributed by atoms with Gasteiger partial charge in [0.15, 0.2) is 6.61 Å². The molecule has 1 heterocycles. The highest BCUT2D eigenvalue weighted by molar-refractivity contribution is 7.99. The Labute approximate surface area is 147 Å². The van der Waals surface area contributed by atoms with E-state index >= 15 is 0 Å². The maximum atomic E-state index is 11.6. The Bertz CT molecular complexity index is 692. The Morgan fingerprint density at radius 3 is 2.62 bits per heavy atom. The summed E-state index contributed by atoms with van der Waals surface area (Å²) in [6, 6.07) is 6.60. The molecule has 0 atom stereocenters. The monoisotopic (exact) mass is 369 g/mol. The van der Waals surface area contributed by atoms with Gasteiger partial charge >= 0.3 is 0 Å². The summed E-state index contributed by atoms with van der Waals surface area (Å²) in [6.07, 6.45) is 0.740. The lowest BCUT2D eigenvalue weighted by molar-refractivity contribution is -0.128. The molecule has 0 spiro atoms. The molecule has 0 unspecified atom stereocenters. The predicted molar refractivity (Wildman–Crippen MR) is 89.7 cm³/mol. The molecule has 2 amide bonds. The lowest BCUT2D eigenvalue weighted by Gasteiger charge is -2.08. The number of halogens is 1. The molecule has 1 aromatic carbocycles. The van der Waals surface area contributed by atoms with E-state index in [-0.39, 0.29) is 18.3 Å². The van der Waals surface area contributed by atoms with E-state index in [4.69, 9.17) is 16.3 Å². The van der Waals surface area contributed by atoms with Gasteiger partial charge in [0, 0.05) is 11.4 Å². The Morgan fingerprint density at radius 1 is 1.25 bits per heavy atom. The van der Waals surface area contributed by atoms with Gasteiger partial charge in [-0.2, -0.15) is 0 Å². The van der Waals surface area contributed by atoms with Crippen molar-refractivity contribution in [2.75, 3.05) is 12.4 Å². The molecule has 0 aliphatic heterocycles. The molecule has 2 rings (SSSR count). The maximum Gasteiger partial charge on any atom is 0.276 e. The molecular formula is C14H16ClN5O3S. The number of hydrogen-bond donors (Lipinski definition) is 3. The SMILES string of the molecule is CCc1nc(SCC(=O)NNC(=O)COc2ccc(Cl)cc2)n[nH]1. The summed E-state index contributed by atoms with van der Waals surface area (Å²) in [7, 11) is 0.